The van der Waals surface area contributed by atoms with Crippen LogP contribution in [-0.4, -0.2) is 29.0 Å². The molecule has 4 heteroatoms. The van der Waals surface area contributed by atoms with E-state index in [4.69, 9.17) is 4.74 Å². The number of nitrogens with one attached hydrogen (secondary N) is 1. The standard InChI is InChI=1S/C14H19N3O/c1-3-18-11-12(2)16-13-5-7-14(8-6-13)17-10-4-9-15-17/h4-10,12,16H,3,11H2,1-2H3/t12-/m0/s1. The van der Waals surface area contributed by atoms with Crippen molar-refractivity contribution in [1.82, 2.24) is 9.78 Å². The summed E-state index contributed by atoms with van der Waals surface area (Å²) in [6, 6.07) is 10.4. The van der Waals surface area contributed by atoms with Gasteiger partial charge in [0.25, 0.3) is 0 Å². The van der Waals surface area contributed by atoms with Crippen molar-refractivity contribution in [2.75, 3.05) is 18.5 Å². The second-order valence-corrected chi connectivity index (χ2v) is 4.20. The van der Waals surface area contributed by atoms with E-state index in [1.54, 1.807) is 6.20 Å². The Morgan fingerprint density at radius 3 is 2.72 bits per heavy atom. The predicted molar refractivity (Wildman–Crippen MR) is 73.1 cm³/mol. The van der Waals surface area contributed by atoms with Crippen molar-refractivity contribution in [2.45, 2.75) is 19.9 Å². The molecule has 0 aliphatic carbocycles. The van der Waals surface area contributed by atoms with Crippen LogP contribution >= 0.6 is 0 Å². The molecule has 96 valence electrons. The van der Waals surface area contributed by atoms with Gasteiger partial charge in [0.1, 0.15) is 0 Å². The van der Waals surface area contributed by atoms with E-state index >= 15 is 0 Å². The molecule has 0 saturated heterocycles. The van der Waals surface area contributed by atoms with Gasteiger partial charge >= 0.3 is 0 Å². The van der Waals surface area contributed by atoms with E-state index in [-0.39, 0.29) is 0 Å². The third kappa shape index (κ3) is 3.34. The molecule has 1 aromatic heterocycles. The number of aromatic nitrogens is 2. The van der Waals surface area contributed by atoms with Gasteiger partial charge in [-0.2, -0.15) is 5.10 Å². The number of rotatable bonds is 6. The number of anilines is 1. The van der Waals surface area contributed by atoms with Crippen molar-refractivity contribution in [1.29, 1.82) is 0 Å². The molecule has 0 saturated carbocycles. The van der Waals surface area contributed by atoms with E-state index in [2.05, 4.69) is 29.5 Å². The molecule has 0 fully saturated rings. The van der Waals surface area contributed by atoms with Crippen LogP contribution < -0.4 is 5.32 Å². The van der Waals surface area contributed by atoms with Crippen molar-refractivity contribution in [3.8, 4) is 5.69 Å². The fourth-order valence-corrected chi connectivity index (χ4v) is 1.75. The normalized spacial score (nSPS) is 12.3. The summed E-state index contributed by atoms with van der Waals surface area (Å²) in [5.41, 5.74) is 2.15. The minimum absolute atomic E-state index is 0.306. The van der Waals surface area contributed by atoms with Gasteiger partial charge < -0.3 is 10.1 Å². The zero-order chi connectivity index (χ0) is 12.8. The van der Waals surface area contributed by atoms with Gasteiger partial charge in [-0.15, -0.1) is 0 Å². The average molecular weight is 245 g/mol. The maximum atomic E-state index is 5.37. The minimum atomic E-state index is 0.306. The Morgan fingerprint density at radius 2 is 2.11 bits per heavy atom. The number of hydrogen-bond acceptors (Lipinski definition) is 3. The smallest absolute Gasteiger partial charge is 0.0664 e. The quantitative estimate of drug-likeness (QED) is 0.850. The molecule has 0 bridgehead atoms. The van der Waals surface area contributed by atoms with Gasteiger partial charge in [0.05, 0.1) is 12.3 Å². The van der Waals surface area contributed by atoms with Crippen molar-refractivity contribution in [3.05, 3.63) is 42.7 Å². The molecule has 1 heterocycles. The Bertz CT molecular complexity index is 450. The number of nitrogens with zero attached hydrogens (tertiary/aromatic N) is 2. The summed E-state index contributed by atoms with van der Waals surface area (Å²) in [5, 5.41) is 7.59. The highest BCUT2D eigenvalue weighted by molar-refractivity contribution is 5.49. The van der Waals surface area contributed by atoms with Crippen LogP contribution in [0.2, 0.25) is 0 Å². The summed E-state index contributed by atoms with van der Waals surface area (Å²) >= 11 is 0. The largest absolute Gasteiger partial charge is 0.380 e. The molecule has 1 atom stereocenters. The Labute approximate surface area is 108 Å². The number of benzene rings is 1. The van der Waals surface area contributed by atoms with Gasteiger partial charge in [-0.25, -0.2) is 4.68 Å². The summed E-state index contributed by atoms with van der Waals surface area (Å²) in [5.74, 6) is 0. The number of hydrogen-bond donors (Lipinski definition) is 1. The van der Waals surface area contributed by atoms with E-state index < -0.39 is 0 Å². The van der Waals surface area contributed by atoms with Crippen molar-refractivity contribution >= 4 is 5.69 Å². The van der Waals surface area contributed by atoms with Crippen LogP contribution in [0.5, 0.6) is 0 Å². The van der Waals surface area contributed by atoms with E-state index in [0.29, 0.717) is 6.04 Å². The number of ether oxygens (including phenoxy) is 1. The van der Waals surface area contributed by atoms with Crippen molar-refractivity contribution < 1.29 is 4.74 Å². The van der Waals surface area contributed by atoms with E-state index in [1.807, 2.05) is 36.0 Å². The lowest BCUT2D eigenvalue weighted by Gasteiger charge is -2.15. The highest BCUT2D eigenvalue weighted by Gasteiger charge is 2.02. The minimum Gasteiger partial charge on any atom is -0.380 e. The molecule has 4 nitrogen and oxygen atoms in total. The Kier molecular flexibility index (Phi) is 4.36. The van der Waals surface area contributed by atoms with Crippen LogP contribution in [-0.2, 0) is 4.74 Å². The van der Waals surface area contributed by atoms with Crippen LogP contribution in [0.1, 0.15) is 13.8 Å². The second kappa shape index (κ2) is 6.21. The summed E-state index contributed by atoms with van der Waals surface area (Å²) in [6.45, 7) is 5.59. The van der Waals surface area contributed by atoms with Gasteiger partial charge in [-0.1, -0.05) is 0 Å². The molecule has 0 unspecified atom stereocenters. The molecule has 1 N–H and O–H groups in total. The summed E-state index contributed by atoms with van der Waals surface area (Å²) in [4.78, 5) is 0. The van der Waals surface area contributed by atoms with E-state index in [9.17, 15) is 0 Å². The first-order valence-corrected chi connectivity index (χ1v) is 6.24. The van der Waals surface area contributed by atoms with Crippen molar-refractivity contribution in [2.24, 2.45) is 0 Å². The zero-order valence-electron chi connectivity index (χ0n) is 10.8. The summed E-state index contributed by atoms with van der Waals surface area (Å²) < 4.78 is 7.21. The molecule has 2 rings (SSSR count). The second-order valence-electron chi connectivity index (χ2n) is 4.20. The van der Waals surface area contributed by atoms with Gasteiger partial charge in [-0.05, 0) is 44.2 Å². The van der Waals surface area contributed by atoms with Crippen LogP contribution in [0.15, 0.2) is 42.7 Å². The third-order valence-corrected chi connectivity index (χ3v) is 2.62. The first-order valence-electron chi connectivity index (χ1n) is 6.24. The molecule has 0 aliphatic heterocycles. The fraction of sp³-hybridized carbons (Fsp3) is 0.357. The molecule has 0 aliphatic rings. The maximum Gasteiger partial charge on any atom is 0.0664 e. The molecule has 1 aromatic carbocycles. The van der Waals surface area contributed by atoms with E-state index in [0.717, 1.165) is 24.6 Å². The highest BCUT2D eigenvalue weighted by atomic mass is 16.5. The Morgan fingerprint density at radius 1 is 1.33 bits per heavy atom. The van der Waals surface area contributed by atoms with Crippen molar-refractivity contribution in [3.63, 3.8) is 0 Å². The monoisotopic (exact) mass is 245 g/mol. The Balaban J connectivity index is 1.95. The first kappa shape index (κ1) is 12.6. The van der Waals surface area contributed by atoms with Gasteiger partial charge in [-0.3, -0.25) is 0 Å². The molecule has 0 amide bonds. The first-order chi connectivity index (χ1) is 8.79. The lowest BCUT2D eigenvalue weighted by atomic mass is 10.2. The molecule has 0 radical (unpaired) electrons. The highest BCUT2D eigenvalue weighted by Crippen LogP contribution is 2.13. The average Bonchev–Trinajstić information content (AvgIpc) is 2.91. The summed E-state index contributed by atoms with van der Waals surface area (Å²) in [6.07, 6.45) is 3.70. The lowest BCUT2D eigenvalue weighted by Crippen LogP contribution is -2.21. The van der Waals surface area contributed by atoms with Crippen LogP contribution in [0.3, 0.4) is 0 Å². The van der Waals surface area contributed by atoms with E-state index in [1.165, 1.54) is 0 Å². The SMILES string of the molecule is CCOC[C@H](C)Nc1ccc(-n2cccn2)cc1. The molecule has 18 heavy (non-hydrogen) atoms. The van der Waals surface area contributed by atoms with Gasteiger partial charge in [0.15, 0.2) is 0 Å². The summed E-state index contributed by atoms with van der Waals surface area (Å²) in [7, 11) is 0. The van der Waals surface area contributed by atoms with Crippen LogP contribution in [0, 0.1) is 0 Å². The fourth-order valence-electron chi connectivity index (χ4n) is 1.75. The maximum absolute atomic E-state index is 5.37. The van der Waals surface area contributed by atoms with Crippen LogP contribution in [0.25, 0.3) is 5.69 Å². The molecular formula is C14H19N3O. The molecule has 0 spiro atoms. The lowest BCUT2D eigenvalue weighted by molar-refractivity contribution is 0.141. The molecular weight excluding hydrogens is 226 g/mol. The van der Waals surface area contributed by atoms with Gasteiger partial charge in [0.2, 0.25) is 0 Å². The zero-order valence-corrected chi connectivity index (χ0v) is 10.8. The third-order valence-electron chi connectivity index (χ3n) is 2.62. The predicted octanol–water partition coefficient (Wildman–Crippen LogP) is 2.71. The van der Waals surface area contributed by atoms with Crippen LogP contribution in [0.4, 0.5) is 5.69 Å². The van der Waals surface area contributed by atoms with Gasteiger partial charge in [0, 0.05) is 30.7 Å². The topological polar surface area (TPSA) is 39.1 Å². The Hall–Kier alpha value is -1.81. The molecule has 2 aromatic rings.